The maximum absolute atomic E-state index is 14.7. The van der Waals surface area contributed by atoms with Crippen LogP contribution in [0.25, 0.3) is 0 Å². The first kappa shape index (κ1) is 20.7. The average molecular weight is 448 g/mol. The smallest absolute Gasteiger partial charge is 0.266 e. The summed E-state index contributed by atoms with van der Waals surface area (Å²) in [5.41, 5.74) is 3.79. The summed E-state index contributed by atoms with van der Waals surface area (Å²) in [6, 6.07) is 8.63. The molecule has 1 aliphatic rings. The largest absolute Gasteiger partial charge is 0.381 e. The van der Waals surface area contributed by atoms with Gasteiger partial charge in [-0.3, -0.25) is 14.6 Å². The Balaban J connectivity index is 1.44. The molecule has 1 aliphatic heterocycles. The lowest BCUT2D eigenvalue weighted by molar-refractivity contribution is 0.324. The molecule has 1 aromatic carbocycles. The number of halogens is 1. The third kappa shape index (κ3) is 4.77. The summed E-state index contributed by atoms with van der Waals surface area (Å²) >= 11 is 1.25. The van der Waals surface area contributed by atoms with Crippen LogP contribution < -0.4 is 10.0 Å². The van der Waals surface area contributed by atoms with Gasteiger partial charge < -0.3 is 5.32 Å². The van der Waals surface area contributed by atoms with E-state index in [4.69, 9.17) is 0 Å². The molecule has 0 amide bonds. The lowest BCUT2D eigenvalue weighted by atomic mass is 10.1. The van der Waals surface area contributed by atoms with Crippen molar-refractivity contribution in [3.63, 3.8) is 0 Å². The number of aromatic nitrogens is 2. The van der Waals surface area contributed by atoms with Crippen LogP contribution >= 0.6 is 11.3 Å². The van der Waals surface area contributed by atoms with E-state index in [1.807, 2.05) is 18.2 Å². The van der Waals surface area contributed by atoms with Crippen LogP contribution in [0, 0.1) is 12.7 Å². The second-order valence-corrected chi connectivity index (χ2v) is 9.63. The first-order chi connectivity index (χ1) is 14.4. The quantitative estimate of drug-likeness (QED) is 0.577. The molecule has 3 aromatic rings. The van der Waals surface area contributed by atoms with E-state index in [0.29, 0.717) is 11.3 Å². The van der Waals surface area contributed by atoms with E-state index in [0.717, 1.165) is 31.7 Å². The number of anilines is 2. The molecule has 1 fully saturated rings. The van der Waals surface area contributed by atoms with Crippen LogP contribution in [-0.2, 0) is 16.6 Å². The predicted octanol–water partition coefficient (Wildman–Crippen LogP) is 3.47. The highest BCUT2D eigenvalue weighted by Gasteiger charge is 2.25. The Morgan fingerprint density at radius 2 is 2.17 bits per heavy atom. The van der Waals surface area contributed by atoms with Gasteiger partial charge in [-0.2, -0.15) is 0 Å². The number of rotatable bonds is 7. The van der Waals surface area contributed by atoms with Crippen LogP contribution in [0.2, 0.25) is 0 Å². The monoisotopic (exact) mass is 447 g/mol. The Morgan fingerprint density at radius 3 is 2.90 bits per heavy atom. The number of sulfonamides is 1. The van der Waals surface area contributed by atoms with Gasteiger partial charge in [0.1, 0.15) is 10.7 Å². The molecule has 0 radical (unpaired) electrons. The van der Waals surface area contributed by atoms with Gasteiger partial charge in [-0.1, -0.05) is 6.07 Å². The molecule has 0 unspecified atom stereocenters. The summed E-state index contributed by atoms with van der Waals surface area (Å²) in [5, 5.41) is 4.91. The molecule has 10 heteroatoms. The van der Waals surface area contributed by atoms with Crippen LogP contribution in [0.15, 0.2) is 52.3 Å². The number of nitrogens with one attached hydrogen (secondary N) is 2. The van der Waals surface area contributed by atoms with Crippen molar-refractivity contribution in [3.05, 3.63) is 64.5 Å². The van der Waals surface area contributed by atoms with E-state index in [1.54, 1.807) is 18.5 Å². The fraction of sp³-hybridized carbons (Fsp3) is 0.300. The Hall–Kier alpha value is -2.56. The normalized spacial score (nSPS) is 17.2. The molecule has 1 saturated heterocycles. The lowest BCUT2D eigenvalue weighted by Crippen LogP contribution is -2.26. The summed E-state index contributed by atoms with van der Waals surface area (Å²) in [6.07, 6.45) is 2.70. The number of aryl methyl sites for hydroxylation is 1. The highest BCUT2D eigenvalue weighted by molar-refractivity contribution is 7.92. The predicted molar refractivity (Wildman–Crippen MR) is 116 cm³/mol. The summed E-state index contributed by atoms with van der Waals surface area (Å²) in [7, 11) is -4.05. The number of hydrogen-bond acceptors (Lipinski definition) is 7. The van der Waals surface area contributed by atoms with Crippen molar-refractivity contribution < 1.29 is 12.8 Å². The first-order valence-electron chi connectivity index (χ1n) is 9.51. The molecule has 2 aromatic heterocycles. The van der Waals surface area contributed by atoms with E-state index in [-0.39, 0.29) is 16.8 Å². The maximum Gasteiger partial charge on any atom is 0.266 e. The molecular formula is C20H22FN5O2S2. The number of nitrogens with zero attached hydrogens (tertiary/aromatic N) is 3. The van der Waals surface area contributed by atoms with Crippen molar-refractivity contribution in [1.82, 2.24) is 14.9 Å². The minimum atomic E-state index is -4.05. The third-order valence-corrected chi connectivity index (χ3v) is 6.94. The molecule has 0 spiro atoms. The van der Waals surface area contributed by atoms with Crippen LogP contribution in [0.3, 0.4) is 0 Å². The van der Waals surface area contributed by atoms with Gasteiger partial charge in [0, 0.05) is 42.9 Å². The summed E-state index contributed by atoms with van der Waals surface area (Å²) in [5.74, 6) is -0.618. The topological polar surface area (TPSA) is 87.2 Å². The Kier molecular flexibility index (Phi) is 5.98. The molecule has 0 bridgehead atoms. The Morgan fingerprint density at radius 1 is 1.30 bits per heavy atom. The van der Waals surface area contributed by atoms with Crippen molar-refractivity contribution in [2.24, 2.45) is 0 Å². The zero-order valence-electron chi connectivity index (χ0n) is 16.4. The molecular weight excluding hydrogens is 425 g/mol. The van der Waals surface area contributed by atoms with E-state index >= 15 is 0 Å². The van der Waals surface area contributed by atoms with Gasteiger partial charge in [0.05, 0.1) is 11.2 Å². The fourth-order valence-electron chi connectivity index (χ4n) is 3.51. The average Bonchev–Trinajstić information content (AvgIpc) is 3.37. The van der Waals surface area contributed by atoms with Crippen LogP contribution in [-0.4, -0.2) is 42.4 Å². The Labute approximate surface area is 179 Å². The lowest BCUT2D eigenvalue weighted by Gasteiger charge is -2.19. The molecule has 4 rings (SSSR count). The highest BCUT2D eigenvalue weighted by Crippen LogP contribution is 2.27. The van der Waals surface area contributed by atoms with E-state index in [9.17, 15) is 12.8 Å². The van der Waals surface area contributed by atoms with Crippen molar-refractivity contribution in [1.29, 1.82) is 0 Å². The molecule has 0 aliphatic carbocycles. The zero-order valence-corrected chi connectivity index (χ0v) is 18.0. The van der Waals surface area contributed by atoms with E-state index < -0.39 is 15.8 Å². The number of thiazole rings is 1. The van der Waals surface area contributed by atoms with E-state index in [2.05, 4.69) is 24.9 Å². The van der Waals surface area contributed by atoms with Gasteiger partial charge in [-0.15, -0.1) is 11.3 Å². The third-order valence-electron chi connectivity index (χ3n) is 4.98. The van der Waals surface area contributed by atoms with Gasteiger partial charge in [0.2, 0.25) is 0 Å². The van der Waals surface area contributed by atoms with Crippen LogP contribution in [0.1, 0.15) is 17.7 Å². The number of likely N-dealkylation sites (tertiary alicyclic amines) is 1. The molecule has 3 heterocycles. The first-order valence-corrected chi connectivity index (χ1v) is 11.9. The van der Waals surface area contributed by atoms with Gasteiger partial charge in [0.25, 0.3) is 10.0 Å². The minimum absolute atomic E-state index is 0.155. The van der Waals surface area contributed by atoms with Crippen molar-refractivity contribution in [2.75, 3.05) is 23.1 Å². The SMILES string of the molecule is Cc1cc(S(=O)(=O)Nc2cscn2)c(F)cc1N[C@H]1CCN(Cc2ccccn2)C1. The van der Waals surface area contributed by atoms with Gasteiger partial charge in [0.15, 0.2) is 5.82 Å². The van der Waals surface area contributed by atoms with Gasteiger partial charge >= 0.3 is 0 Å². The van der Waals surface area contributed by atoms with Gasteiger partial charge in [-0.25, -0.2) is 17.8 Å². The van der Waals surface area contributed by atoms with Crippen LogP contribution in [0.4, 0.5) is 15.9 Å². The second kappa shape index (κ2) is 8.66. The van der Waals surface area contributed by atoms with Crippen molar-refractivity contribution in [3.8, 4) is 0 Å². The number of pyridine rings is 1. The van der Waals surface area contributed by atoms with Crippen LogP contribution in [0.5, 0.6) is 0 Å². The molecule has 7 nitrogen and oxygen atoms in total. The highest BCUT2D eigenvalue weighted by atomic mass is 32.2. The molecule has 2 N–H and O–H groups in total. The minimum Gasteiger partial charge on any atom is -0.381 e. The molecule has 0 saturated carbocycles. The molecule has 30 heavy (non-hydrogen) atoms. The zero-order chi connectivity index (χ0) is 21.1. The summed E-state index contributed by atoms with van der Waals surface area (Å²) < 4.78 is 42.1. The van der Waals surface area contributed by atoms with Crippen molar-refractivity contribution >= 4 is 32.9 Å². The van der Waals surface area contributed by atoms with Crippen molar-refractivity contribution in [2.45, 2.75) is 30.8 Å². The fourth-order valence-corrected chi connectivity index (χ4v) is 5.21. The number of benzene rings is 1. The summed E-state index contributed by atoms with van der Waals surface area (Å²) in [6.45, 7) is 4.26. The molecule has 158 valence electrons. The maximum atomic E-state index is 14.7. The van der Waals surface area contributed by atoms with E-state index in [1.165, 1.54) is 29.0 Å². The van der Waals surface area contributed by atoms with Gasteiger partial charge in [-0.05, 0) is 43.2 Å². The number of hydrogen-bond donors (Lipinski definition) is 2. The second-order valence-electron chi connectivity index (χ2n) is 7.26. The standard InChI is InChI=1S/C20H22FN5O2S2/c1-14-8-19(30(27,28)25-20-12-29-13-23-20)17(21)9-18(14)24-16-5-7-26(11-16)10-15-4-2-3-6-22-15/h2-4,6,8-9,12-13,16,24-25H,5,7,10-11H2,1H3/t16-/m0/s1. The summed E-state index contributed by atoms with van der Waals surface area (Å²) in [4.78, 5) is 10.2. The Bertz CT molecular complexity index is 1110. The molecule has 1 atom stereocenters.